The van der Waals surface area contributed by atoms with E-state index >= 15 is 0 Å². The van der Waals surface area contributed by atoms with Crippen molar-refractivity contribution in [1.29, 1.82) is 0 Å². The third kappa shape index (κ3) is 5.44. The van der Waals surface area contributed by atoms with Crippen LogP contribution in [0.1, 0.15) is 27.0 Å². The molecule has 3 aromatic carbocycles. The third-order valence-corrected chi connectivity index (χ3v) is 7.71. The Morgan fingerprint density at radius 2 is 1.62 bits per heavy atom. The average molecular weight is 563 g/mol. The first-order chi connectivity index (χ1) is 20.4. The molecule has 10 nitrogen and oxygen atoms in total. The molecule has 10 heteroatoms. The highest BCUT2D eigenvalue weighted by atomic mass is 16.5. The van der Waals surface area contributed by atoms with E-state index in [4.69, 9.17) is 4.74 Å². The molecule has 0 spiro atoms. The van der Waals surface area contributed by atoms with Crippen molar-refractivity contribution in [3.8, 4) is 0 Å². The van der Waals surface area contributed by atoms with Crippen LogP contribution in [0.4, 0.5) is 11.4 Å². The zero-order chi connectivity index (χ0) is 29.2. The van der Waals surface area contributed by atoms with Crippen molar-refractivity contribution in [3.63, 3.8) is 0 Å². The Morgan fingerprint density at radius 1 is 0.905 bits per heavy atom. The van der Waals surface area contributed by atoms with Gasteiger partial charge in [0.05, 0.1) is 48.4 Å². The number of hydrogen-bond acceptors (Lipinski definition) is 8. The standard InChI is InChI=1S/C32H30N6O4/c1-37-11-13-38(14-12-37)28(39)15-20-3-8-25(9-4-20)35-30(21-5-6-23-18-33-34-19-24(23)16-21)29-26-10-7-22(32(41)42-2)17-27(26)36-31(29)40/h3-10,16-19,35H,11-15H2,1-2H3,(H,36,40). The number of rotatable bonds is 6. The van der Waals surface area contributed by atoms with Gasteiger partial charge in [-0.15, -0.1) is 0 Å². The number of carbonyl (C=O) groups is 3. The minimum atomic E-state index is -0.482. The zero-order valence-electron chi connectivity index (χ0n) is 23.4. The lowest BCUT2D eigenvalue weighted by molar-refractivity contribution is -0.132. The molecule has 0 bridgehead atoms. The number of aromatic nitrogens is 2. The second kappa shape index (κ2) is 11.4. The normalized spacial score (nSPS) is 16.1. The summed E-state index contributed by atoms with van der Waals surface area (Å²) in [5.41, 5.74) is 5.03. The summed E-state index contributed by atoms with van der Waals surface area (Å²) in [4.78, 5) is 42.5. The molecule has 0 saturated carbocycles. The van der Waals surface area contributed by atoms with E-state index in [0.29, 0.717) is 34.5 Å². The van der Waals surface area contributed by atoms with Gasteiger partial charge in [0, 0.05) is 48.2 Å². The van der Waals surface area contributed by atoms with Crippen molar-refractivity contribution in [3.05, 3.63) is 95.3 Å². The summed E-state index contributed by atoms with van der Waals surface area (Å²) in [7, 11) is 3.38. The van der Waals surface area contributed by atoms with Crippen molar-refractivity contribution in [2.24, 2.45) is 0 Å². The van der Waals surface area contributed by atoms with E-state index in [9.17, 15) is 14.4 Å². The van der Waals surface area contributed by atoms with Gasteiger partial charge in [-0.25, -0.2) is 4.79 Å². The van der Waals surface area contributed by atoms with Crippen LogP contribution in [0.5, 0.6) is 0 Å². The number of anilines is 2. The molecule has 6 rings (SSSR count). The van der Waals surface area contributed by atoms with Crippen molar-refractivity contribution in [2.45, 2.75) is 6.42 Å². The third-order valence-electron chi connectivity index (χ3n) is 7.71. The summed E-state index contributed by atoms with van der Waals surface area (Å²) < 4.78 is 4.85. The first-order valence-corrected chi connectivity index (χ1v) is 13.7. The molecular weight excluding hydrogens is 532 g/mol. The van der Waals surface area contributed by atoms with Crippen LogP contribution in [0.15, 0.2) is 73.1 Å². The van der Waals surface area contributed by atoms with Gasteiger partial charge >= 0.3 is 5.97 Å². The van der Waals surface area contributed by atoms with Crippen LogP contribution in [-0.4, -0.2) is 78.1 Å². The van der Waals surface area contributed by atoms with Gasteiger partial charge in [-0.1, -0.05) is 30.3 Å². The first-order valence-electron chi connectivity index (χ1n) is 13.7. The Morgan fingerprint density at radius 3 is 2.36 bits per heavy atom. The van der Waals surface area contributed by atoms with Gasteiger partial charge in [-0.05, 0) is 48.5 Å². The van der Waals surface area contributed by atoms with Gasteiger partial charge in [0.1, 0.15) is 0 Å². The monoisotopic (exact) mass is 562 g/mol. The van der Waals surface area contributed by atoms with Crippen LogP contribution in [0.3, 0.4) is 0 Å². The smallest absolute Gasteiger partial charge is 0.337 e. The van der Waals surface area contributed by atoms with Crippen LogP contribution < -0.4 is 10.6 Å². The van der Waals surface area contributed by atoms with Gasteiger partial charge in [0.25, 0.3) is 5.91 Å². The minimum Gasteiger partial charge on any atom is -0.465 e. The van der Waals surface area contributed by atoms with E-state index in [0.717, 1.165) is 53.8 Å². The SMILES string of the molecule is COC(=O)c1ccc2c(c1)NC(=O)C2=C(Nc1ccc(CC(=O)N2CCN(C)CC2)cc1)c1ccc2cnncc2c1. The first kappa shape index (κ1) is 27.1. The highest BCUT2D eigenvalue weighted by Crippen LogP contribution is 2.38. The maximum Gasteiger partial charge on any atom is 0.337 e. The number of fused-ring (bicyclic) bond motifs is 2. The van der Waals surface area contributed by atoms with Crippen molar-refractivity contribution >= 4 is 51.2 Å². The number of benzene rings is 3. The summed E-state index contributed by atoms with van der Waals surface area (Å²) in [6.07, 6.45) is 3.70. The van der Waals surface area contributed by atoms with Crippen molar-refractivity contribution < 1.29 is 19.1 Å². The fourth-order valence-corrected chi connectivity index (χ4v) is 5.29. The maximum absolute atomic E-state index is 13.4. The van der Waals surface area contributed by atoms with Crippen molar-refractivity contribution in [1.82, 2.24) is 20.0 Å². The Kier molecular flexibility index (Phi) is 7.37. The summed E-state index contributed by atoms with van der Waals surface area (Å²) in [6.45, 7) is 3.25. The Hall–Kier alpha value is -5.09. The van der Waals surface area contributed by atoms with E-state index in [2.05, 4.69) is 32.8 Å². The predicted octanol–water partition coefficient (Wildman–Crippen LogP) is 3.67. The molecule has 0 atom stereocenters. The number of piperazine rings is 1. The molecule has 3 heterocycles. The minimum absolute atomic E-state index is 0.122. The van der Waals surface area contributed by atoms with Gasteiger partial charge in [0.2, 0.25) is 5.91 Å². The summed E-state index contributed by atoms with van der Waals surface area (Å²) in [5.74, 6) is -0.655. The molecule has 1 saturated heterocycles. The lowest BCUT2D eigenvalue weighted by atomic mass is 9.97. The maximum atomic E-state index is 13.4. The van der Waals surface area contributed by atoms with Crippen LogP contribution in [-0.2, 0) is 20.7 Å². The summed E-state index contributed by atoms with van der Waals surface area (Å²) >= 11 is 0. The topological polar surface area (TPSA) is 117 Å². The second-order valence-electron chi connectivity index (χ2n) is 10.5. The molecule has 0 unspecified atom stereocenters. The lowest BCUT2D eigenvalue weighted by Crippen LogP contribution is -2.47. The molecule has 0 aliphatic carbocycles. The highest BCUT2D eigenvalue weighted by molar-refractivity contribution is 6.37. The van der Waals surface area contributed by atoms with Crippen LogP contribution in [0.2, 0.25) is 0 Å². The zero-order valence-corrected chi connectivity index (χ0v) is 23.4. The number of hydrogen-bond donors (Lipinski definition) is 2. The van der Waals surface area contributed by atoms with Gasteiger partial charge < -0.3 is 25.2 Å². The lowest BCUT2D eigenvalue weighted by Gasteiger charge is -2.32. The fourth-order valence-electron chi connectivity index (χ4n) is 5.29. The van der Waals surface area contributed by atoms with Gasteiger partial charge in [-0.2, -0.15) is 10.2 Å². The van der Waals surface area contributed by atoms with Crippen LogP contribution >= 0.6 is 0 Å². The number of nitrogens with zero attached hydrogens (tertiary/aromatic N) is 4. The molecule has 2 aliphatic heterocycles. The molecule has 42 heavy (non-hydrogen) atoms. The molecule has 2 N–H and O–H groups in total. The Labute approximate surface area is 243 Å². The van der Waals surface area contributed by atoms with E-state index in [1.165, 1.54) is 7.11 Å². The number of methoxy groups -OCH3 is 1. The Balaban J connectivity index is 1.34. The van der Waals surface area contributed by atoms with Crippen LogP contribution in [0.25, 0.3) is 22.0 Å². The molecular formula is C32H30N6O4. The Bertz CT molecular complexity index is 1730. The number of ether oxygens (including phenoxy) is 1. The summed E-state index contributed by atoms with van der Waals surface area (Å²) in [6, 6.07) is 18.5. The number of nitrogens with one attached hydrogen (secondary N) is 2. The number of esters is 1. The molecule has 1 fully saturated rings. The van der Waals surface area contributed by atoms with Gasteiger partial charge in [-0.3, -0.25) is 9.59 Å². The van der Waals surface area contributed by atoms with E-state index in [-0.39, 0.29) is 11.8 Å². The number of carbonyl (C=O) groups excluding carboxylic acids is 3. The van der Waals surface area contributed by atoms with Gasteiger partial charge in [0.15, 0.2) is 0 Å². The second-order valence-corrected chi connectivity index (χ2v) is 10.5. The van der Waals surface area contributed by atoms with Crippen molar-refractivity contribution in [2.75, 3.05) is 51.0 Å². The average Bonchev–Trinajstić information content (AvgIpc) is 3.34. The molecule has 4 aromatic rings. The number of amides is 2. The molecule has 0 radical (unpaired) electrons. The molecule has 2 aliphatic rings. The fraction of sp³-hybridized carbons (Fsp3) is 0.219. The van der Waals surface area contributed by atoms with E-state index < -0.39 is 5.97 Å². The predicted molar refractivity (Wildman–Crippen MR) is 161 cm³/mol. The molecule has 2 amide bonds. The largest absolute Gasteiger partial charge is 0.465 e. The van der Waals surface area contributed by atoms with E-state index in [1.54, 1.807) is 30.6 Å². The van der Waals surface area contributed by atoms with E-state index in [1.807, 2.05) is 47.4 Å². The quantitative estimate of drug-likeness (QED) is 0.270. The highest BCUT2D eigenvalue weighted by Gasteiger charge is 2.29. The summed E-state index contributed by atoms with van der Waals surface area (Å²) in [5, 5.41) is 16.1. The van der Waals surface area contributed by atoms with Crippen LogP contribution in [0, 0.1) is 0 Å². The molecule has 212 valence electrons. The number of likely N-dealkylation sites (N-methyl/N-ethyl adjacent to an activating group) is 1. The molecule has 1 aromatic heterocycles.